The number of hydrazine groups is 1. The molecule has 0 aliphatic carbocycles. The normalized spacial score (nSPS) is 12.8. The van der Waals surface area contributed by atoms with Gasteiger partial charge in [0.1, 0.15) is 11.6 Å². The van der Waals surface area contributed by atoms with E-state index in [0.29, 0.717) is 19.4 Å². The highest BCUT2D eigenvalue weighted by atomic mass is 19.1. The third-order valence-corrected chi connectivity index (χ3v) is 2.39. The van der Waals surface area contributed by atoms with Crippen LogP contribution in [0.25, 0.3) is 0 Å². The monoisotopic (exact) mass is 230 g/mol. The molecule has 0 amide bonds. The second-order valence-electron chi connectivity index (χ2n) is 3.49. The van der Waals surface area contributed by atoms with E-state index in [1.54, 1.807) is 7.11 Å². The molecular weight excluding hydrogens is 214 g/mol. The quantitative estimate of drug-likeness (QED) is 0.446. The van der Waals surface area contributed by atoms with Crippen LogP contribution >= 0.6 is 0 Å². The predicted octanol–water partition coefficient (Wildman–Crippen LogP) is 1.90. The molecule has 90 valence electrons. The summed E-state index contributed by atoms with van der Waals surface area (Å²) in [4.78, 5) is 0. The summed E-state index contributed by atoms with van der Waals surface area (Å²) in [6, 6.07) is 3.24. The molecule has 0 saturated heterocycles. The van der Waals surface area contributed by atoms with Crippen LogP contribution in [0.4, 0.5) is 8.78 Å². The van der Waals surface area contributed by atoms with Crippen LogP contribution < -0.4 is 11.3 Å². The van der Waals surface area contributed by atoms with E-state index < -0.39 is 17.7 Å². The lowest BCUT2D eigenvalue weighted by molar-refractivity contribution is 0.188. The van der Waals surface area contributed by atoms with Crippen LogP contribution in [0.15, 0.2) is 18.2 Å². The minimum absolute atomic E-state index is 0.0129. The lowest BCUT2D eigenvalue weighted by Crippen LogP contribution is -2.29. The molecule has 0 bridgehead atoms. The van der Waals surface area contributed by atoms with E-state index in [1.807, 2.05) is 0 Å². The molecule has 16 heavy (non-hydrogen) atoms. The fraction of sp³-hybridized carbons (Fsp3) is 0.455. The van der Waals surface area contributed by atoms with Crippen LogP contribution in [0.2, 0.25) is 0 Å². The highest BCUT2D eigenvalue weighted by Crippen LogP contribution is 2.23. The highest BCUT2D eigenvalue weighted by molar-refractivity contribution is 5.23. The first kappa shape index (κ1) is 13.0. The molecule has 1 rings (SSSR count). The van der Waals surface area contributed by atoms with Crippen molar-refractivity contribution in [2.75, 3.05) is 13.7 Å². The first-order valence-corrected chi connectivity index (χ1v) is 5.09. The van der Waals surface area contributed by atoms with Gasteiger partial charge in [0.15, 0.2) is 0 Å². The van der Waals surface area contributed by atoms with Gasteiger partial charge >= 0.3 is 0 Å². The molecule has 0 saturated carbocycles. The largest absolute Gasteiger partial charge is 0.385 e. The molecule has 3 nitrogen and oxygen atoms in total. The Morgan fingerprint density at radius 2 is 2.00 bits per heavy atom. The van der Waals surface area contributed by atoms with Gasteiger partial charge in [0.2, 0.25) is 0 Å². The number of benzene rings is 1. The summed E-state index contributed by atoms with van der Waals surface area (Å²) >= 11 is 0. The van der Waals surface area contributed by atoms with Gasteiger partial charge < -0.3 is 4.74 Å². The van der Waals surface area contributed by atoms with E-state index in [0.717, 1.165) is 0 Å². The van der Waals surface area contributed by atoms with Crippen LogP contribution in [-0.2, 0) is 4.74 Å². The molecular formula is C11H16F2N2O. The molecule has 1 aromatic rings. The van der Waals surface area contributed by atoms with Crippen molar-refractivity contribution in [3.05, 3.63) is 35.4 Å². The minimum Gasteiger partial charge on any atom is -0.385 e. The molecule has 0 fully saturated rings. The zero-order chi connectivity index (χ0) is 12.0. The fourth-order valence-electron chi connectivity index (χ4n) is 1.59. The number of halogens is 2. The molecule has 0 spiro atoms. The van der Waals surface area contributed by atoms with Crippen LogP contribution in [0.1, 0.15) is 24.4 Å². The van der Waals surface area contributed by atoms with Crippen molar-refractivity contribution in [3.8, 4) is 0 Å². The van der Waals surface area contributed by atoms with E-state index in [-0.39, 0.29) is 5.56 Å². The van der Waals surface area contributed by atoms with Crippen molar-refractivity contribution in [1.29, 1.82) is 0 Å². The second kappa shape index (κ2) is 6.52. The Balaban J connectivity index is 2.78. The summed E-state index contributed by atoms with van der Waals surface area (Å²) in [6.45, 7) is 0.536. The minimum atomic E-state index is -0.583. The first-order valence-electron chi connectivity index (χ1n) is 5.09. The molecule has 0 aromatic heterocycles. The molecule has 0 radical (unpaired) electrons. The number of methoxy groups -OCH3 is 1. The smallest absolute Gasteiger partial charge is 0.130 e. The Morgan fingerprint density at radius 1 is 1.38 bits per heavy atom. The Labute approximate surface area is 93.6 Å². The standard InChI is InChI=1S/C11H16F2N2O/c1-16-7-3-6-10(15-14)11-8(12)4-2-5-9(11)13/h2,4-5,10,15H,3,6-7,14H2,1H3. The zero-order valence-corrected chi connectivity index (χ0v) is 9.17. The van der Waals surface area contributed by atoms with E-state index in [4.69, 9.17) is 10.6 Å². The van der Waals surface area contributed by atoms with Gasteiger partial charge in [-0.05, 0) is 25.0 Å². The number of ether oxygens (including phenoxy) is 1. The van der Waals surface area contributed by atoms with Gasteiger partial charge in [-0.3, -0.25) is 11.3 Å². The van der Waals surface area contributed by atoms with Crippen molar-refractivity contribution < 1.29 is 13.5 Å². The fourth-order valence-corrected chi connectivity index (χ4v) is 1.59. The Morgan fingerprint density at radius 3 is 2.50 bits per heavy atom. The Kier molecular flexibility index (Phi) is 5.31. The van der Waals surface area contributed by atoms with Crippen molar-refractivity contribution in [2.45, 2.75) is 18.9 Å². The highest BCUT2D eigenvalue weighted by Gasteiger charge is 2.18. The number of rotatable bonds is 6. The predicted molar refractivity (Wildman–Crippen MR) is 57.5 cm³/mol. The van der Waals surface area contributed by atoms with Crippen LogP contribution in [0.5, 0.6) is 0 Å². The zero-order valence-electron chi connectivity index (χ0n) is 9.17. The maximum Gasteiger partial charge on any atom is 0.130 e. The number of nitrogens with two attached hydrogens (primary N) is 1. The third kappa shape index (κ3) is 3.23. The summed E-state index contributed by atoms with van der Waals surface area (Å²) in [7, 11) is 1.58. The molecule has 1 aromatic carbocycles. The maximum atomic E-state index is 13.4. The van der Waals surface area contributed by atoms with Crippen molar-refractivity contribution in [3.63, 3.8) is 0 Å². The molecule has 0 aliphatic rings. The van der Waals surface area contributed by atoms with Crippen molar-refractivity contribution in [2.24, 2.45) is 5.84 Å². The number of nitrogens with one attached hydrogen (secondary N) is 1. The molecule has 1 unspecified atom stereocenters. The molecule has 5 heteroatoms. The Bertz CT molecular complexity index is 314. The lowest BCUT2D eigenvalue weighted by atomic mass is 10.0. The summed E-state index contributed by atoms with van der Waals surface area (Å²) in [5.74, 6) is 4.13. The molecule has 3 N–H and O–H groups in total. The summed E-state index contributed by atoms with van der Waals surface area (Å²) < 4.78 is 31.7. The third-order valence-electron chi connectivity index (χ3n) is 2.39. The SMILES string of the molecule is COCCCC(NN)c1c(F)cccc1F. The van der Waals surface area contributed by atoms with Crippen molar-refractivity contribution >= 4 is 0 Å². The number of hydrogen-bond acceptors (Lipinski definition) is 3. The average molecular weight is 230 g/mol. The van der Waals surface area contributed by atoms with Gasteiger partial charge in [-0.2, -0.15) is 0 Å². The summed E-state index contributed by atoms with van der Waals surface area (Å²) in [5.41, 5.74) is 2.41. The van der Waals surface area contributed by atoms with E-state index in [9.17, 15) is 8.78 Å². The first-order chi connectivity index (χ1) is 7.70. The molecule has 0 aliphatic heterocycles. The average Bonchev–Trinajstić information content (AvgIpc) is 2.26. The van der Waals surface area contributed by atoms with Gasteiger partial charge in [-0.15, -0.1) is 0 Å². The molecule has 0 heterocycles. The maximum absolute atomic E-state index is 13.4. The van der Waals surface area contributed by atoms with Gasteiger partial charge in [0, 0.05) is 19.3 Å². The Hall–Kier alpha value is -1.04. The second-order valence-corrected chi connectivity index (χ2v) is 3.49. The lowest BCUT2D eigenvalue weighted by Gasteiger charge is -2.17. The van der Waals surface area contributed by atoms with Crippen LogP contribution in [0.3, 0.4) is 0 Å². The van der Waals surface area contributed by atoms with Crippen molar-refractivity contribution in [1.82, 2.24) is 5.43 Å². The van der Waals surface area contributed by atoms with Gasteiger partial charge in [-0.25, -0.2) is 8.78 Å². The van der Waals surface area contributed by atoms with Gasteiger partial charge in [0.25, 0.3) is 0 Å². The van der Waals surface area contributed by atoms with Gasteiger partial charge in [0.05, 0.1) is 6.04 Å². The van der Waals surface area contributed by atoms with E-state index in [2.05, 4.69) is 5.43 Å². The van der Waals surface area contributed by atoms with E-state index >= 15 is 0 Å². The topological polar surface area (TPSA) is 47.3 Å². The summed E-state index contributed by atoms with van der Waals surface area (Å²) in [6.07, 6.45) is 1.20. The van der Waals surface area contributed by atoms with Crippen LogP contribution in [0, 0.1) is 11.6 Å². The summed E-state index contributed by atoms with van der Waals surface area (Å²) in [5, 5.41) is 0. The van der Waals surface area contributed by atoms with E-state index in [1.165, 1.54) is 18.2 Å². The van der Waals surface area contributed by atoms with Crippen LogP contribution in [-0.4, -0.2) is 13.7 Å². The molecule has 1 atom stereocenters. The van der Waals surface area contributed by atoms with Gasteiger partial charge in [-0.1, -0.05) is 6.07 Å². The number of hydrogen-bond donors (Lipinski definition) is 2.